The SMILES string of the molecule is CCCCOc1ccc(C(=O)N/C(=C/c2ccccc2)C(=O)NCCC(=O)O)cc1. The number of amides is 2. The van der Waals surface area contributed by atoms with Crippen molar-refractivity contribution < 1.29 is 24.2 Å². The Hall–Kier alpha value is -3.61. The van der Waals surface area contributed by atoms with Crippen molar-refractivity contribution in [1.82, 2.24) is 10.6 Å². The highest BCUT2D eigenvalue weighted by Crippen LogP contribution is 2.13. The maximum atomic E-state index is 12.6. The molecule has 0 aromatic heterocycles. The van der Waals surface area contributed by atoms with Crippen LogP contribution >= 0.6 is 0 Å². The molecule has 0 aliphatic heterocycles. The Morgan fingerprint density at radius 2 is 1.73 bits per heavy atom. The van der Waals surface area contributed by atoms with E-state index >= 15 is 0 Å². The van der Waals surface area contributed by atoms with Gasteiger partial charge in [-0.05, 0) is 42.3 Å². The van der Waals surface area contributed by atoms with Crippen molar-refractivity contribution in [3.63, 3.8) is 0 Å². The molecule has 0 spiro atoms. The number of benzene rings is 2. The molecule has 7 nitrogen and oxygen atoms in total. The summed E-state index contributed by atoms with van der Waals surface area (Å²) in [5.41, 5.74) is 1.12. The third kappa shape index (κ3) is 7.79. The number of hydrogen-bond donors (Lipinski definition) is 3. The van der Waals surface area contributed by atoms with Crippen LogP contribution in [0.3, 0.4) is 0 Å². The van der Waals surface area contributed by atoms with E-state index in [-0.39, 0.29) is 18.7 Å². The minimum absolute atomic E-state index is 0.0276. The first-order valence-corrected chi connectivity index (χ1v) is 9.80. The van der Waals surface area contributed by atoms with E-state index in [1.165, 1.54) is 6.08 Å². The van der Waals surface area contributed by atoms with Crippen LogP contribution in [0.1, 0.15) is 42.1 Å². The predicted molar refractivity (Wildman–Crippen MR) is 114 cm³/mol. The molecule has 0 aliphatic carbocycles. The fourth-order valence-corrected chi connectivity index (χ4v) is 2.48. The number of unbranched alkanes of at least 4 members (excludes halogenated alkanes) is 1. The Kier molecular flexibility index (Phi) is 9.12. The molecule has 2 amide bonds. The molecule has 0 unspecified atom stereocenters. The lowest BCUT2D eigenvalue weighted by molar-refractivity contribution is -0.136. The molecule has 2 aromatic rings. The van der Waals surface area contributed by atoms with E-state index in [9.17, 15) is 14.4 Å². The lowest BCUT2D eigenvalue weighted by atomic mass is 10.1. The Labute approximate surface area is 175 Å². The van der Waals surface area contributed by atoms with Crippen molar-refractivity contribution in [2.45, 2.75) is 26.2 Å². The first-order valence-electron chi connectivity index (χ1n) is 9.80. The van der Waals surface area contributed by atoms with E-state index in [1.807, 2.05) is 18.2 Å². The van der Waals surface area contributed by atoms with Gasteiger partial charge in [0, 0.05) is 12.1 Å². The normalized spacial score (nSPS) is 10.9. The van der Waals surface area contributed by atoms with Crippen molar-refractivity contribution in [1.29, 1.82) is 0 Å². The maximum Gasteiger partial charge on any atom is 0.305 e. The lowest BCUT2D eigenvalue weighted by Gasteiger charge is -2.11. The first-order chi connectivity index (χ1) is 14.5. The number of hydrogen-bond acceptors (Lipinski definition) is 4. The second-order valence-electron chi connectivity index (χ2n) is 6.55. The smallest absolute Gasteiger partial charge is 0.305 e. The van der Waals surface area contributed by atoms with Gasteiger partial charge in [0.15, 0.2) is 0 Å². The molecular formula is C23H26N2O5. The van der Waals surface area contributed by atoms with E-state index in [4.69, 9.17) is 9.84 Å². The summed E-state index contributed by atoms with van der Waals surface area (Å²) in [5.74, 6) is -1.36. The number of aliphatic carboxylic acids is 1. The molecule has 0 saturated heterocycles. The molecule has 7 heteroatoms. The van der Waals surface area contributed by atoms with Gasteiger partial charge in [0.2, 0.25) is 0 Å². The fraction of sp³-hybridized carbons (Fsp3) is 0.261. The molecule has 0 saturated carbocycles. The third-order valence-electron chi connectivity index (χ3n) is 4.11. The topological polar surface area (TPSA) is 105 Å². The summed E-state index contributed by atoms with van der Waals surface area (Å²) in [7, 11) is 0. The van der Waals surface area contributed by atoms with Gasteiger partial charge in [-0.25, -0.2) is 0 Å². The minimum Gasteiger partial charge on any atom is -0.494 e. The average molecular weight is 410 g/mol. The van der Waals surface area contributed by atoms with Gasteiger partial charge in [-0.2, -0.15) is 0 Å². The summed E-state index contributed by atoms with van der Waals surface area (Å²) in [6.07, 6.45) is 3.31. The van der Waals surface area contributed by atoms with Crippen molar-refractivity contribution in [3.8, 4) is 5.75 Å². The van der Waals surface area contributed by atoms with Crippen LogP contribution in [0.15, 0.2) is 60.3 Å². The van der Waals surface area contributed by atoms with Gasteiger partial charge < -0.3 is 20.5 Å². The van der Waals surface area contributed by atoms with E-state index in [2.05, 4.69) is 17.6 Å². The highest BCUT2D eigenvalue weighted by atomic mass is 16.5. The number of carbonyl (C=O) groups is 3. The van der Waals surface area contributed by atoms with E-state index in [1.54, 1.807) is 36.4 Å². The monoisotopic (exact) mass is 410 g/mol. The van der Waals surface area contributed by atoms with Crippen molar-refractivity contribution in [2.24, 2.45) is 0 Å². The highest BCUT2D eigenvalue weighted by Gasteiger charge is 2.15. The van der Waals surface area contributed by atoms with Crippen LogP contribution in [-0.2, 0) is 9.59 Å². The van der Waals surface area contributed by atoms with Crippen LogP contribution in [-0.4, -0.2) is 36.0 Å². The zero-order valence-electron chi connectivity index (χ0n) is 16.9. The third-order valence-corrected chi connectivity index (χ3v) is 4.11. The van der Waals surface area contributed by atoms with Gasteiger partial charge in [-0.15, -0.1) is 0 Å². The number of carbonyl (C=O) groups excluding carboxylic acids is 2. The average Bonchev–Trinajstić information content (AvgIpc) is 2.74. The summed E-state index contributed by atoms with van der Waals surface area (Å²) < 4.78 is 5.59. The van der Waals surface area contributed by atoms with E-state index in [0.29, 0.717) is 17.9 Å². The van der Waals surface area contributed by atoms with E-state index < -0.39 is 17.8 Å². The maximum absolute atomic E-state index is 12.6. The molecule has 0 radical (unpaired) electrons. The number of rotatable bonds is 11. The Bertz CT molecular complexity index is 876. The summed E-state index contributed by atoms with van der Waals surface area (Å²) >= 11 is 0. The Morgan fingerprint density at radius 1 is 1.03 bits per heavy atom. The van der Waals surface area contributed by atoms with E-state index in [0.717, 1.165) is 18.4 Å². The molecule has 0 fully saturated rings. The van der Waals surface area contributed by atoms with Crippen LogP contribution in [0.5, 0.6) is 5.75 Å². The van der Waals surface area contributed by atoms with Crippen molar-refractivity contribution in [3.05, 3.63) is 71.4 Å². The largest absolute Gasteiger partial charge is 0.494 e. The Balaban J connectivity index is 2.10. The van der Waals surface area contributed by atoms with Crippen molar-refractivity contribution in [2.75, 3.05) is 13.2 Å². The Morgan fingerprint density at radius 3 is 2.37 bits per heavy atom. The van der Waals surface area contributed by atoms with Crippen LogP contribution in [0, 0.1) is 0 Å². The molecule has 30 heavy (non-hydrogen) atoms. The molecule has 0 atom stereocenters. The van der Waals surface area contributed by atoms with Crippen LogP contribution in [0.2, 0.25) is 0 Å². The number of carboxylic acid groups (broad SMARTS) is 1. The molecule has 158 valence electrons. The zero-order chi connectivity index (χ0) is 21.8. The second-order valence-corrected chi connectivity index (χ2v) is 6.55. The van der Waals surface area contributed by atoms with Gasteiger partial charge >= 0.3 is 5.97 Å². The minimum atomic E-state index is -1.02. The molecule has 2 aromatic carbocycles. The number of nitrogens with one attached hydrogen (secondary N) is 2. The first kappa shape index (κ1) is 22.7. The van der Waals surface area contributed by atoms with Gasteiger partial charge in [0.05, 0.1) is 13.0 Å². The summed E-state index contributed by atoms with van der Waals surface area (Å²) in [6, 6.07) is 15.7. The summed E-state index contributed by atoms with van der Waals surface area (Å²) in [4.78, 5) is 35.8. The van der Waals surface area contributed by atoms with Gasteiger partial charge in [0.1, 0.15) is 11.4 Å². The quantitative estimate of drug-likeness (QED) is 0.390. The van der Waals surface area contributed by atoms with Crippen LogP contribution in [0.4, 0.5) is 0 Å². The van der Waals surface area contributed by atoms with Crippen molar-refractivity contribution >= 4 is 23.9 Å². The number of ether oxygens (including phenoxy) is 1. The van der Waals surface area contributed by atoms with Gasteiger partial charge in [-0.3, -0.25) is 14.4 Å². The standard InChI is InChI=1S/C23H26N2O5/c1-2-3-15-30-19-11-9-18(10-12-19)22(28)25-20(16-17-7-5-4-6-8-17)23(29)24-14-13-21(26)27/h4-12,16H,2-3,13-15H2,1H3,(H,24,29)(H,25,28)(H,26,27)/b20-16+. The molecule has 0 heterocycles. The van der Waals surface area contributed by atoms with Gasteiger partial charge in [-0.1, -0.05) is 43.7 Å². The summed E-state index contributed by atoms with van der Waals surface area (Å²) in [5, 5.41) is 13.9. The fourth-order valence-electron chi connectivity index (χ4n) is 2.48. The van der Waals surface area contributed by atoms with Crippen LogP contribution in [0.25, 0.3) is 6.08 Å². The molecule has 0 bridgehead atoms. The molecular weight excluding hydrogens is 384 g/mol. The molecule has 3 N–H and O–H groups in total. The second kappa shape index (κ2) is 12.1. The lowest BCUT2D eigenvalue weighted by Crippen LogP contribution is -2.35. The number of carboxylic acids is 1. The summed E-state index contributed by atoms with van der Waals surface area (Å²) in [6.45, 7) is 2.65. The van der Waals surface area contributed by atoms with Gasteiger partial charge in [0.25, 0.3) is 11.8 Å². The molecule has 0 aliphatic rings. The zero-order valence-corrected chi connectivity index (χ0v) is 16.9. The predicted octanol–water partition coefficient (Wildman–Crippen LogP) is 3.23. The molecule has 2 rings (SSSR count). The van der Waals surface area contributed by atoms with Crippen LogP contribution < -0.4 is 15.4 Å². The highest BCUT2D eigenvalue weighted by molar-refractivity contribution is 6.05.